The summed E-state index contributed by atoms with van der Waals surface area (Å²) in [5, 5.41) is 2.89. The number of pyridine rings is 1. The lowest BCUT2D eigenvalue weighted by Crippen LogP contribution is -2.34. The fourth-order valence-electron chi connectivity index (χ4n) is 3.78. The van der Waals surface area contributed by atoms with Crippen LogP contribution in [0.4, 0.5) is 11.5 Å². The van der Waals surface area contributed by atoms with E-state index in [2.05, 4.69) is 30.2 Å². The first-order valence-corrected chi connectivity index (χ1v) is 11.1. The third-order valence-corrected chi connectivity index (χ3v) is 5.67. The van der Waals surface area contributed by atoms with Gasteiger partial charge in [-0.3, -0.25) is 4.79 Å². The highest BCUT2D eigenvalue weighted by molar-refractivity contribution is 5.97. The van der Waals surface area contributed by atoms with Gasteiger partial charge in [-0.15, -0.1) is 0 Å². The predicted octanol–water partition coefficient (Wildman–Crippen LogP) is 3.20. The summed E-state index contributed by atoms with van der Waals surface area (Å²) in [6.07, 6.45) is 6.64. The van der Waals surface area contributed by atoms with Crippen LogP contribution >= 0.6 is 0 Å². The number of nitrogen functional groups attached to an aromatic ring is 1. The van der Waals surface area contributed by atoms with Crippen LogP contribution in [0.5, 0.6) is 0 Å². The van der Waals surface area contributed by atoms with E-state index in [0.717, 1.165) is 22.6 Å². The number of carbonyl (C=O) groups is 1. The highest BCUT2D eigenvalue weighted by Crippen LogP contribution is 2.30. The number of likely N-dealkylation sites (N-methyl/N-ethyl adjacent to an activating group) is 1. The minimum absolute atomic E-state index is 0.00393. The molecule has 1 amide bonds. The summed E-state index contributed by atoms with van der Waals surface area (Å²) in [7, 11) is 1.97. The SMILES string of the molecule is Cc1cnc2ccc(-c3nc(C(=O)NCCN(C)c4ccccc4)c(N)nc3-c3ncco3)cn12. The topological polar surface area (TPSA) is 127 Å². The maximum Gasteiger partial charge on any atom is 0.273 e. The zero-order valence-electron chi connectivity index (χ0n) is 19.3. The van der Waals surface area contributed by atoms with Crippen molar-refractivity contribution in [2.75, 3.05) is 30.8 Å². The maximum absolute atomic E-state index is 13.0. The summed E-state index contributed by atoms with van der Waals surface area (Å²) in [6.45, 7) is 2.97. The number of carbonyl (C=O) groups excluding carboxylic acids is 1. The van der Waals surface area contributed by atoms with Crippen LogP contribution in [0, 0.1) is 6.92 Å². The van der Waals surface area contributed by atoms with Crippen molar-refractivity contribution in [3.8, 4) is 22.8 Å². The van der Waals surface area contributed by atoms with Gasteiger partial charge in [0.2, 0.25) is 5.89 Å². The molecule has 0 aliphatic carbocycles. The third kappa shape index (κ3) is 4.41. The molecular formula is C25H24N8O2. The molecule has 0 radical (unpaired) electrons. The summed E-state index contributed by atoms with van der Waals surface area (Å²) in [5.74, 6) is -0.148. The van der Waals surface area contributed by atoms with Gasteiger partial charge >= 0.3 is 0 Å². The van der Waals surface area contributed by atoms with Crippen LogP contribution in [-0.4, -0.2) is 50.4 Å². The molecule has 0 atom stereocenters. The lowest BCUT2D eigenvalue weighted by molar-refractivity contribution is 0.0950. The van der Waals surface area contributed by atoms with Crippen molar-refractivity contribution >= 4 is 23.1 Å². The van der Waals surface area contributed by atoms with Crippen LogP contribution in [0.3, 0.4) is 0 Å². The molecule has 0 spiro atoms. The Labute approximate surface area is 201 Å². The van der Waals surface area contributed by atoms with Crippen LogP contribution < -0.4 is 16.0 Å². The van der Waals surface area contributed by atoms with Gasteiger partial charge in [0.15, 0.2) is 17.2 Å². The smallest absolute Gasteiger partial charge is 0.273 e. The molecule has 176 valence electrons. The number of rotatable bonds is 7. The summed E-state index contributed by atoms with van der Waals surface area (Å²) >= 11 is 0. The van der Waals surface area contributed by atoms with E-state index in [-0.39, 0.29) is 17.4 Å². The van der Waals surface area contributed by atoms with Crippen LogP contribution in [0.25, 0.3) is 28.5 Å². The molecule has 0 fully saturated rings. The molecule has 10 nitrogen and oxygen atoms in total. The standard InChI is InChI=1S/C25H24N8O2/c1-16-14-29-19-9-8-17(15-33(16)19)20-21(25-28-11-13-35-25)31-23(26)22(30-20)24(34)27-10-12-32(2)18-6-4-3-5-7-18/h3-9,11,13-15H,10,12H2,1-2H3,(H2,26,31)(H,27,34). The number of benzene rings is 1. The molecule has 5 aromatic rings. The van der Waals surface area contributed by atoms with E-state index in [4.69, 9.17) is 10.2 Å². The molecule has 0 aliphatic heterocycles. The van der Waals surface area contributed by atoms with Crippen LogP contribution in [0.15, 0.2) is 71.7 Å². The van der Waals surface area contributed by atoms with Crippen molar-refractivity contribution in [1.29, 1.82) is 0 Å². The normalized spacial score (nSPS) is 11.0. The van der Waals surface area contributed by atoms with E-state index in [1.54, 1.807) is 6.20 Å². The molecule has 4 aromatic heterocycles. The summed E-state index contributed by atoms with van der Waals surface area (Å²) in [6, 6.07) is 13.7. The summed E-state index contributed by atoms with van der Waals surface area (Å²) in [4.78, 5) is 32.7. The molecule has 35 heavy (non-hydrogen) atoms. The predicted molar refractivity (Wildman–Crippen MR) is 133 cm³/mol. The number of amides is 1. The molecular weight excluding hydrogens is 444 g/mol. The molecule has 4 heterocycles. The lowest BCUT2D eigenvalue weighted by Gasteiger charge is -2.19. The first kappa shape index (κ1) is 22.1. The monoisotopic (exact) mass is 468 g/mol. The Morgan fingerprint density at radius 1 is 1.11 bits per heavy atom. The Balaban J connectivity index is 1.45. The minimum Gasteiger partial charge on any atom is -0.443 e. The average Bonchev–Trinajstić information content (AvgIpc) is 3.54. The number of nitrogens with zero attached hydrogens (tertiary/aromatic N) is 6. The quantitative estimate of drug-likeness (QED) is 0.373. The van der Waals surface area contributed by atoms with Gasteiger partial charge in [0.25, 0.3) is 5.91 Å². The average molecular weight is 469 g/mol. The largest absolute Gasteiger partial charge is 0.443 e. The molecule has 0 saturated carbocycles. The van der Waals surface area contributed by atoms with Gasteiger partial charge in [-0.2, -0.15) is 0 Å². The molecule has 3 N–H and O–H groups in total. The van der Waals surface area contributed by atoms with E-state index in [9.17, 15) is 4.79 Å². The van der Waals surface area contributed by atoms with Gasteiger partial charge in [0.05, 0.1) is 6.20 Å². The number of hydrogen-bond donors (Lipinski definition) is 2. The van der Waals surface area contributed by atoms with Gasteiger partial charge < -0.3 is 24.8 Å². The highest BCUT2D eigenvalue weighted by Gasteiger charge is 2.22. The Kier molecular flexibility index (Phi) is 5.84. The van der Waals surface area contributed by atoms with Gasteiger partial charge in [-0.05, 0) is 31.2 Å². The molecule has 0 saturated heterocycles. The summed E-state index contributed by atoms with van der Waals surface area (Å²) in [5.41, 5.74) is 10.5. The van der Waals surface area contributed by atoms with E-state index < -0.39 is 5.91 Å². The second-order valence-corrected chi connectivity index (χ2v) is 8.05. The van der Waals surface area contributed by atoms with Gasteiger partial charge in [-0.25, -0.2) is 19.9 Å². The minimum atomic E-state index is -0.406. The lowest BCUT2D eigenvalue weighted by atomic mass is 10.1. The highest BCUT2D eigenvalue weighted by atomic mass is 16.3. The number of aromatic nitrogens is 5. The van der Waals surface area contributed by atoms with Gasteiger partial charge in [0, 0.05) is 49.5 Å². The Morgan fingerprint density at radius 3 is 2.71 bits per heavy atom. The molecule has 5 rings (SSSR count). The van der Waals surface area contributed by atoms with E-state index in [0.29, 0.717) is 24.5 Å². The molecule has 0 unspecified atom stereocenters. The number of anilines is 2. The number of nitrogens with one attached hydrogen (secondary N) is 1. The van der Waals surface area contributed by atoms with Crippen molar-refractivity contribution in [3.63, 3.8) is 0 Å². The van der Waals surface area contributed by atoms with Crippen LogP contribution in [0.1, 0.15) is 16.2 Å². The van der Waals surface area contributed by atoms with Crippen molar-refractivity contribution < 1.29 is 9.21 Å². The van der Waals surface area contributed by atoms with E-state index in [1.807, 2.05) is 67.0 Å². The fourth-order valence-corrected chi connectivity index (χ4v) is 3.78. The molecule has 10 heteroatoms. The van der Waals surface area contributed by atoms with Gasteiger partial charge in [0.1, 0.15) is 17.6 Å². The number of imidazole rings is 1. The Bertz CT molecular complexity index is 1480. The van der Waals surface area contributed by atoms with E-state index >= 15 is 0 Å². The van der Waals surface area contributed by atoms with E-state index in [1.165, 1.54) is 12.5 Å². The number of para-hydroxylation sites is 1. The van der Waals surface area contributed by atoms with Crippen LogP contribution in [0.2, 0.25) is 0 Å². The maximum atomic E-state index is 13.0. The zero-order chi connectivity index (χ0) is 24.4. The molecule has 0 bridgehead atoms. The summed E-state index contributed by atoms with van der Waals surface area (Å²) < 4.78 is 7.41. The van der Waals surface area contributed by atoms with Crippen molar-refractivity contribution in [2.45, 2.75) is 6.92 Å². The number of nitrogens with two attached hydrogens (primary N) is 1. The Hall–Kier alpha value is -4.73. The number of oxazole rings is 1. The number of fused-ring (bicyclic) bond motifs is 1. The van der Waals surface area contributed by atoms with Crippen LogP contribution in [-0.2, 0) is 0 Å². The van der Waals surface area contributed by atoms with Crippen molar-refractivity contribution in [2.24, 2.45) is 0 Å². The molecule has 1 aromatic carbocycles. The fraction of sp³-hybridized carbons (Fsp3) is 0.160. The second kappa shape index (κ2) is 9.26. The zero-order valence-corrected chi connectivity index (χ0v) is 19.3. The molecule has 0 aliphatic rings. The number of aryl methyl sites for hydroxylation is 1. The third-order valence-electron chi connectivity index (χ3n) is 5.67. The number of hydrogen-bond acceptors (Lipinski definition) is 8. The van der Waals surface area contributed by atoms with Crippen molar-refractivity contribution in [3.05, 3.63) is 78.7 Å². The van der Waals surface area contributed by atoms with Gasteiger partial charge in [-0.1, -0.05) is 18.2 Å². The van der Waals surface area contributed by atoms with Crippen molar-refractivity contribution in [1.82, 2.24) is 29.7 Å². The second-order valence-electron chi connectivity index (χ2n) is 8.05. The Morgan fingerprint density at radius 2 is 1.94 bits per heavy atom. The first-order chi connectivity index (χ1) is 17.0. The first-order valence-electron chi connectivity index (χ1n) is 11.1.